The lowest BCUT2D eigenvalue weighted by atomic mass is 9.86. The molecule has 2 aliphatic rings. The second-order valence-corrected chi connectivity index (χ2v) is 6.83. The number of carbonyl (C=O) groups excluding carboxylic acids is 2. The summed E-state index contributed by atoms with van der Waals surface area (Å²) in [6.07, 6.45) is 6.78. The zero-order valence-corrected chi connectivity index (χ0v) is 13.9. The number of carbonyl (C=O) groups is 3. The third kappa shape index (κ3) is 4.94. The molecule has 2 N–H and O–H groups in total. The van der Waals surface area contributed by atoms with Crippen LogP contribution in [0.2, 0.25) is 0 Å². The average molecular weight is 324 g/mol. The predicted molar refractivity (Wildman–Crippen MR) is 85.7 cm³/mol. The summed E-state index contributed by atoms with van der Waals surface area (Å²) >= 11 is 0. The van der Waals surface area contributed by atoms with E-state index in [1.165, 1.54) is 0 Å². The number of likely N-dealkylation sites (tertiary alicyclic amines) is 1. The SMILES string of the molecule is CC(=O)N1CCC(C(=O)NC2CCCCCCC2C(=O)O)CC1. The number of hydrogen-bond acceptors (Lipinski definition) is 3. The van der Waals surface area contributed by atoms with Crippen LogP contribution in [0.4, 0.5) is 0 Å². The summed E-state index contributed by atoms with van der Waals surface area (Å²) in [4.78, 5) is 37.1. The maximum atomic E-state index is 12.5. The van der Waals surface area contributed by atoms with Crippen LogP contribution in [-0.2, 0) is 14.4 Å². The average Bonchev–Trinajstić information content (AvgIpc) is 2.49. The van der Waals surface area contributed by atoms with Gasteiger partial charge in [0.05, 0.1) is 5.92 Å². The Morgan fingerprint density at radius 1 is 0.957 bits per heavy atom. The van der Waals surface area contributed by atoms with Crippen LogP contribution in [-0.4, -0.2) is 46.9 Å². The summed E-state index contributed by atoms with van der Waals surface area (Å²) in [5.41, 5.74) is 0. The van der Waals surface area contributed by atoms with Crippen molar-refractivity contribution in [3.05, 3.63) is 0 Å². The minimum atomic E-state index is -0.802. The highest BCUT2D eigenvalue weighted by atomic mass is 16.4. The smallest absolute Gasteiger partial charge is 0.308 e. The highest BCUT2D eigenvalue weighted by molar-refractivity contribution is 5.81. The van der Waals surface area contributed by atoms with E-state index >= 15 is 0 Å². The van der Waals surface area contributed by atoms with Gasteiger partial charge in [0.15, 0.2) is 0 Å². The summed E-state index contributed by atoms with van der Waals surface area (Å²) < 4.78 is 0. The minimum Gasteiger partial charge on any atom is -0.481 e. The Kier molecular flexibility index (Phi) is 6.42. The first-order valence-corrected chi connectivity index (χ1v) is 8.77. The molecule has 130 valence electrons. The van der Waals surface area contributed by atoms with Crippen molar-refractivity contribution >= 4 is 17.8 Å². The van der Waals surface area contributed by atoms with Crippen molar-refractivity contribution in [2.24, 2.45) is 11.8 Å². The largest absolute Gasteiger partial charge is 0.481 e. The molecule has 2 amide bonds. The van der Waals surface area contributed by atoms with Crippen molar-refractivity contribution in [2.45, 2.75) is 64.3 Å². The molecule has 0 radical (unpaired) electrons. The summed E-state index contributed by atoms with van der Waals surface area (Å²) in [6, 6.07) is -0.258. The van der Waals surface area contributed by atoms with E-state index in [0.29, 0.717) is 32.4 Å². The summed E-state index contributed by atoms with van der Waals surface area (Å²) in [6.45, 7) is 2.77. The Balaban J connectivity index is 1.91. The zero-order valence-electron chi connectivity index (χ0n) is 13.9. The van der Waals surface area contributed by atoms with E-state index in [-0.39, 0.29) is 23.8 Å². The second-order valence-electron chi connectivity index (χ2n) is 6.83. The number of nitrogens with one attached hydrogen (secondary N) is 1. The molecular weight excluding hydrogens is 296 g/mol. The molecule has 6 nitrogen and oxygen atoms in total. The molecule has 1 aliphatic carbocycles. The first-order valence-electron chi connectivity index (χ1n) is 8.77. The first-order chi connectivity index (χ1) is 11.0. The summed E-state index contributed by atoms with van der Waals surface area (Å²) in [7, 11) is 0. The fraction of sp³-hybridized carbons (Fsp3) is 0.824. The maximum Gasteiger partial charge on any atom is 0.308 e. The maximum absolute atomic E-state index is 12.5. The molecule has 1 heterocycles. The number of aliphatic carboxylic acids is 1. The monoisotopic (exact) mass is 324 g/mol. The van der Waals surface area contributed by atoms with E-state index in [4.69, 9.17) is 0 Å². The molecule has 1 aliphatic heterocycles. The molecule has 2 fully saturated rings. The number of nitrogens with zero attached hydrogens (tertiary/aromatic N) is 1. The van der Waals surface area contributed by atoms with Crippen molar-refractivity contribution in [3.8, 4) is 0 Å². The quantitative estimate of drug-likeness (QED) is 0.828. The number of amides is 2. The third-order valence-corrected chi connectivity index (χ3v) is 5.22. The molecule has 0 spiro atoms. The predicted octanol–water partition coefficient (Wildman–Crippen LogP) is 1.78. The lowest BCUT2D eigenvalue weighted by molar-refractivity contribution is -0.144. The normalized spacial score (nSPS) is 26.9. The molecule has 2 unspecified atom stereocenters. The lowest BCUT2D eigenvalue weighted by Crippen LogP contribution is -2.48. The zero-order chi connectivity index (χ0) is 16.8. The van der Waals surface area contributed by atoms with Gasteiger partial charge in [-0.1, -0.05) is 25.7 Å². The molecule has 2 rings (SSSR count). The van der Waals surface area contributed by atoms with Gasteiger partial charge in [0.25, 0.3) is 0 Å². The van der Waals surface area contributed by atoms with Gasteiger partial charge in [-0.2, -0.15) is 0 Å². The first kappa shape index (κ1) is 17.8. The fourth-order valence-electron chi connectivity index (χ4n) is 3.71. The van der Waals surface area contributed by atoms with Crippen LogP contribution in [0.15, 0.2) is 0 Å². The molecule has 0 aromatic rings. The molecule has 1 saturated heterocycles. The van der Waals surface area contributed by atoms with Crippen LogP contribution in [0, 0.1) is 11.8 Å². The third-order valence-electron chi connectivity index (χ3n) is 5.22. The summed E-state index contributed by atoms with van der Waals surface area (Å²) in [5.74, 6) is -1.37. The van der Waals surface area contributed by atoms with Gasteiger partial charge in [-0.25, -0.2) is 0 Å². The molecule has 23 heavy (non-hydrogen) atoms. The van der Waals surface area contributed by atoms with Crippen LogP contribution in [0.5, 0.6) is 0 Å². The van der Waals surface area contributed by atoms with E-state index in [1.54, 1.807) is 11.8 Å². The van der Waals surface area contributed by atoms with Crippen LogP contribution in [0.1, 0.15) is 58.3 Å². The Hall–Kier alpha value is -1.59. The van der Waals surface area contributed by atoms with E-state index in [2.05, 4.69) is 5.32 Å². The lowest BCUT2D eigenvalue weighted by Gasteiger charge is -2.33. The molecule has 0 bridgehead atoms. The van der Waals surface area contributed by atoms with E-state index in [1.807, 2.05) is 0 Å². The number of carboxylic acid groups (broad SMARTS) is 1. The molecule has 6 heteroatoms. The van der Waals surface area contributed by atoms with E-state index in [0.717, 1.165) is 32.1 Å². The fourth-order valence-corrected chi connectivity index (χ4v) is 3.71. The molecular formula is C17H28N2O4. The standard InChI is InChI=1S/C17H28N2O4/c1-12(20)19-10-8-13(9-11-19)16(21)18-15-7-5-3-2-4-6-14(15)17(22)23/h13-15H,2-11H2,1H3,(H,18,21)(H,22,23). The molecule has 2 atom stereocenters. The number of piperidine rings is 1. The van der Waals surface area contributed by atoms with Gasteiger partial charge in [-0.15, -0.1) is 0 Å². The van der Waals surface area contributed by atoms with Gasteiger partial charge >= 0.3 is 5.97 Å². The molecule has 0 aromatic heterocycles. The molecule has 0 aromatic carbocycles. The minimum absolute atomic E-state index is 0.0370. The van der Waals surface area contributed by atoms with Gasteiger partial charge < -0.3 is 15.3 Å². The van der Waals surface area contributed by atoms with Gasteiger partial charge in [0.1, 0.15) is 0 Å². The van der Waals surface area contributed by atoms with Gasteiger partial charge in [0, 0.05) is 32.0 Å². The summed E-state index contributed by atoms with van der Waals surface area (Å²) in [5, 5.41) is 12.5. The highest BCUT2D eigenvalue weighted by Crippen LogP contribution is 2.25. The van der Waals surface area contributed by atoms with Crippen LogP contribution in [0.3, 0.4) is 0 Å². The number of hydrogen-bond donors (Lipinski definition) is 2. The van der Waals surface area contributed by atoms with E-state index in [9.17, 15) is 19.5 Å². The number of carboxylic acids is 1. The van der Waals surface area contributed by atoms with Crippen LogP contribution >= 0.6 is 0 Å². The van der Waals surface area contributed by atoms with Crippen molar-refractivity contribution in [3.63, 3.8) is 0 Å². The van der Waals surface area contributed by atoms with Crippen LogP contribution in [0.25, 0.3) is 0 Å². The van der Waals surface area contributed by atoms with Crippen molar-refractivity contribution < 1.29 is 19.5 Å². The Bertz CT molecular complexity index is 444. The van der Waals surface area contributed by atoms with Crippen molar-refractivity contribution in [2.75, 3.05) is 13.1 Å². The Morgan fingerprint density at radius 2 is 1.57 bits per heavy atom. The molecule has 1 saturated carbocycles. The van der Waals surface area contributed by atoms with Crippen molar-refractivity contribution in [1.29, 1.82) is 0 Å². The van der Waals surface area contributed by atoms with E-state index < -0.39 is 11.9 Å². The number of rotatable bonds is 3. The van der Waals surface area contributed by atoms with Gasteiger partial charge in [-0.05, 0) is 25.7 Å². The van der Waals surface area contributed by atoms with Gasteiger partial charge in [-0.3, -0.25) is 14.4 Å². The van der Waals surface area contributed by atoms with Gasteiger partial charge in [0.2, 0.25) is 11.8 Å². The highest BCUT2D eigenvalue weighted by Gasteiger charge is 2.33. The Morgan fingerprint density at radius 3 is 2.13 bits per heavy atom. The topological polar surface area (TPSA) is 86.7 Å². The Labute approximate surface area is 137 Å². The second kappa shape index (κ2) is 8.31. The van der Waals surface area contributed by atoms with Crippen LogP contribution < -0.4 is 5.32 Å². The van der Waals surface area contributed by atoms with Crippen molar-refractivity contribution in [1.82, 2.24) is 10.2 Å².